The largest absolute Gasteiger partial charge is 0.382 e. The van der Waals surface area contributed by atoms with Crippen LogP contribution in [0.1, 0.15) is 43.5 Å². The van der Waals surface area contributed by atoms with Gasteiger partial charge in [-0.2, -0.15) is 5.10 Å². The number of hydrogen-bond acceptors (Lipinski definition) is 3. The monoisotopic (exact) mass is 237 g/mol. The molecule has 2 rings (SSSR count). The highest BCUT2D eigenvalue weighted by molar-refractivity contribution is 5.24. The van der Waals surface area contributed by atoms with Crippen LogP contribution in [0.5, 0.6) is 0 Å². The van der Waals surface area contributed by atoms with E-state index in [0.29, 0.717) is 6.04 Å². The molecule has 1 N–H and O–H groups in total. The molecular formula is C13H23N3O. The third kappa shape index (κ3) is 3.07. The molecule has 0 spiro atoms. The summed E-state index contributed by atoms with van der Waals surface area (Å²) in [5, 5.41) is 7.97. The summed E-state index contributed by atoms with van der Waals surface area (Å²) in [6.07, 6.45) is 6.76. The summed E-state index contributed by atoms with van der Waals surface area (Å²) < 4.78 is 7.36. The van der Waals surface area contributed by atoms with Gasteiger partial charge in [-0.3, -0.25) is 4.68 Å². The average molecular weight is 237 g/mol. The zero-order valence-electron chi connectivity index (χ0n) is 10.9. The zero-order chi connectivity index (χ0) is 12.1. The normalized spacial score (nSPS) is 19.3. The molecule has 1 atom stereocenters. The minimum absolute atomic E-state index is 0.495. The number of aromatic nitrogens is 2. The topological polar surface area (TPSA) is 39.1 Å². The number of nitrogens with zero attached hydrogens (tertiary/aromatic N) is 2. The van der Waals surface area contributed by atoms with Crippen LogP contribution in [0.3, 0.4) is 0 Å². The van der Waals surface area contributed by atoms with Gasteiger partial charge in [-0.1, -0.05) is 0 Å². The van der Waals surface area contributed by atoms with E-state index < -0.39 is 0 Å². The summed E-state index contributed by atoms with van der Waals surface area (Å²) in [7, 11) is 2.04. The van der Waals surface area contributed by atoms with Crippen molar-refractivity contribution in [2.24, 2.45) is 7.05 Å². The maximum absolute atomic E-state index is 5.34. The lowest BCUT2D eigenvalue weighted by molar-refractivity contribution is 0.144. The summed E-state index contributed by atoms with van der Waals surface area (Å²) in [5.74, 6) is 0. The Morgan fingerprint density at radius 1 is 1.59 bits per heavy atom. The molecule has 0 radical (unpaired) electrons. The maximum atomic E-state index is 5.34. The number of hydrogen-bond donors (Lipinski definition) is 1. The smallest absolute Gasteiger partial charge is 0.0540 e. The predicted octanol–water partition coefficient (Wildman–Crippen LogP) is 1.81. The Bertz CT molecular complexity index is 348. The zero-order valence-corrected chi connectivity index (χ0v) is 10.9. The van der Waals surface area contributed by atoms with Crippen molar-refractivity contribution in [2.45, 2.75) is 38.6 Å². The quantitative estimate of drug-likeness (QED) is 0.767. The maximum Gasteiger partial charge on any atom is 0.0540 e. The van der Waals surface area contributed by atoms with Crippen molar-refractivity contribution in [1.82, 2.24) is 15.1 Å². The second kappa shape index (κ2) is 6.17. The summed E-state index contributed by atoms with van der Waals surface area (Å²) in [5.41, 5.74) is 2.80. The molecule has 1 aliphatic rings. The minimum atomic E-state index is 0.495. The fraction of sp³-hybridized carbons (Fsp3) is 0.769. The van der Waals surface area contributed by atoms with E-state index in [0.717, 1.165) is 26.2 Å². The Balaban J connectivity index is 1.82. The Hall–Kier alpha value is -0.870. The summed E-state index contributed by atoms with van der Waals surface area (Å²) >= 11 is 0. The Kier molecular flexibility index (Phi) is 4.57. The van der Waals surface area contributed by atoms with E-state index in [4.69, 9.17) is 4.74 Å². The third-order valence-corrected chi connectivity index (χ3v) is 3.44. The molecule has 1 aliphatic carbocycles. The molecule has 17 heavy (non-hydrogen) atoms. The summed E-state index contributed by atoms with van der Waals surface area (Å²) in [4.78, 5) is 0. The highest BCUT2D eigenvalue weighted by Crippen LogP contribution is 2.28. The van der Waals surface area contributed by atoms with Crippen molar-refractivity contribution in [2.75, 3.05) is 19.8 Å². The molecule has 1 unspecified atom stereocenters. The van der Waals surface area contributed by atoms with E-state index in [9.17, 15) is 0 Å². The van der Waals surface area contributed by atoms with Crippen molar-refractivity contribution in [3.8, 4) is 0 Å². The highest BCUT2D eigenvalue weighted by Gasteiger charge is 2.22. The molecular weight excluding hydrogens is 214 g/mol. The van der Waals surface area contributed by atoms with E-state index >= 15 is 0 Å². The molecule has 0 bridgehead atoms. The van der Waals surface area contributed by atoms with Crippen LogP contribution in [0.2, 0.25) is 0 Å². The molecule has 1 aromatic heterocycles. The fourth-order valence-electron chi connectivity index (χ4n) is 2.51. The van der Waals surface area contributed by atoms with Crippen molar-refractivity contribution in [3.63, 3.8) is 0 Å². The lowest BCUT2D eigenvalue weighted by Gasteiger charge is -2.23. The number of nitrogens with one attached hydrogen (secondary N) is 1. The lowest BCUT2D eigenvalue weighted by Crippen LogP contribution is -2.26. The molecule has 1 heterocycles. The van der Waals surface area contributed by atoms with Gasteiger partial charge in [0, 0.05) is 37.6 Å². The Morgan fingerprint density at radius 2 is 2.47 bits per heavy atom. The fourth-order valence-corrected chi connectivity index (χ4v) is 2.51. The number of ether oxygens (including phenoxy) is 1. The standard InChI is InChI=1S/C13H23N3O/c1-3-17-9-5-8-14-12-6-4-7-13-11(12)10-15-16(13)2/h10,12,14H,3-9H2,1-2H3. The predicted molar refractivity (Wildman–Crippen MR) is 68.0 cm³/mol. The number of rotatable bonds is 6. The molecule has 96 valence electrons. The van der Waals surface area contributed by atoms with Crippen LogP contribution in [0.4, 0.5) is 0 Å². The minimum Gasteiger partial charge on any atom is -0.382 e. The van der Waals surface area contributed by atoms with Gasteiger partial charge in [0.1, 0.15) is 0 Å². The molecule has 0 fully saturated rings. The van der Waals surface area contributed by atoms with Gasteiger partial charge in [0.15, 0.2) is 0 Å². The lowest BCUT2D eigenvalue weighted by atomic mass is 9.93. The van der Waals surface area contributed by atoms with Crippen molar-refractivity contribution in [1.29, 1.82) is 0 Å². The molecule has 0 saturated heterocycles. The van der Waals surface area contributed by atoms with Gasteiger partial charge in [0.05, 0.1) is 6.20 Å². The van der Waals surface area contributed by atoms with Crippen LogP contribution in [0.15, 0.2) is 6.20 Å². The molecule has 4 nitrogen and oxygen atoms in total. The summed E-state index contributed by atoms with van der Waals surface area (Å²) in [6.45, 7) is 4.74. The average Bonchev–Trinajstić information content (AvgIpc) is 2.72. The molecule has 0 aromatic carbocycles. The first-order chi connectivity index (χ1) is 8.33. The molecule has 1 aromatic rings. The first-order valence-corrected chi connectivity index (χ1v) is 6.64. The van der Waals surface area contributed by atoms with E-state index in [1.807, 2.05) is 24.9 Å². The van der Waals surface area contributed by atoms with E-state index in [2.05, 4.69) is 10.4 Å². The van der Waals surface area contributed by atoms with Gasteiger partial charge in [0.25, 0.3) is 0 Å². The van der Waals surface area contributed by atoms with Crippen LogP contribution in [0, 0.1) is 0 Å². The van der Waals surface area contributed by atoms with Gasteiger partial charge in [-0.05, 0) is 39.2 Å². The van der Waals surface area contributed by atoms with E-state index in [-0.39, 0.29) is 0 Å². The number of aryl methyl sites for hydroxylation is 1. The number of fused-ring (bicyclic) bond motifs is 1. The van der Waals surface area contributed by atoms with Gasteiger partial charge in [0.2, 0.25) is 0 Å². The van der Waals surface area contributed by atoms with Gasteiger partial charge in [-0.25, -0.2) is 0 Å². The second-order valence-corrected chi connectivity index (χ2v) is 4.62. The highest BCUT2D eigenvalue weighted by atomic mass is 16.5. The van der Waals surface area contributed by atoms with Gasteiger partial charge < -0.3 is 10.1 Å². The molecule has 0 saturated carbocycles. The van der Waals surface area contributed by atoms with Crippen molar-refractivity contribution in [3.05, 3.63) is 17.5 Å². The molecule has 0 aliphatic heterocycles. The third-order valence-electron chi connectivity index (χ3n) is 3.44. The van der Waals surface area contributed by atoms with Crippen LogP contribution in [0.25, 0.3) is 0 Å². The summed E-state index contributed by atoms with van der Waals surface area (Å²) in [6, 6.07) is 0.495. The SMILES string of the molecule is CCOCCCNC1CCCc2c1cnn2C. The van der Waals surface area contributed by atoms with Gasteiger partial charge >= 0.3 is 0 Å². The van der Waals surface area contributed by atoms with E-state index in [1.165, 1.54) is 30.5 Å². The first-order valence-electron chi connectivity index (χ1n) is 6.64. The van der Waals surface area contributed by atoms with Crippen molar-refractivity contribution < 1.29 is 4.74 Å². The van der Waals surface area contributed by atoms with E-state index in [1.54, 1.807) is 0 Å². The first kappa shape index (κ1) is 12.6. The molecule has 4 heteroatoms. The van der Waals surface area contributed by atoms with Gasteiger partial charge in [-0.15, -0.1) is 0 Å². The Labute approximate surface area is 103 Å². The second-order valence-electron chi connectivity index (χ2n) is 4.62. The van der Waals surface area contributed by atoms with Crippen LogP contribution < -0.4 is 5.32 Å². The van der Waals surface area contributed by atoms with Crippen molar-refractivity contribution >= 4 is 0 Å². The van der Waals surface area contributed by atoms with Crippen LogP contribution in [-0.4, -0.2) is 29.5 Å². The molecule has 0 amide bonds. The Morgan fingerprint density at radius 3 is 3.29 bits per heavy atom. The van der Waals surface area contributed by atoms with Crippen LogP contribution in [-0.2, 0) is 18.2 Å². The van der Waals surface area contributed by atoms with Crippen LogP contribution >= 0.6 is 0 Å².